The van der Waals surface area contributed by atoms with Gasteiger partial charge in [0, 0.05) is 9.86 Å². The maximum Gasteiger partial charge on any atom is 0.0257 e. The highest BCUT2D eigenvalue weighted by atomic mass is 79.9. The van der Waals surface area contributed by atoms with Gasteiger partial charge in [-0.1, -0.05) is 93.9 Å². The third-order valence-electron chi connectivity index (χ3n) is 4.50. The summed E-state index contributed by atoms with van der Waals surface area (Å²) in [6.45, 7) is 13.9. The monoisotopic (exact) mass is 368 g/mol. The number of rotatable bonds is 0. The SMILES string of the molecule is CC(C)(C)c1c2ccccc2c(C(C)(C)C)c2c(Br)cccc12. The van der Waals surface area contributed by atoms with Crippen molar-refractivity contribution in [2.24, 2.45) is 0 Å². The van der Waals surface area contributed by atoms with Gasteiger partial charge in [0.05, 0.1) is 0 Å². The molecule has 0 unspecified atom stereocenters. The molecule has 0 nitrogen and oxygen atoms in total. The molecule has 0 atom stereocenters. The van der Waals surface area contributed by atoms with Crippen molar-refractivity contribution in [2.75, 3.05) is 0 Å². The Bertz CT molecular complexity index is 890. The average molecular weight is 369 g/mol. The van der Waals surface area contributed by atoms with Gasteiger partial charge >= 0.3 is 0 Å². The van der Waals surface area contributed by atoms with Crippen LogP contribution in [0.5, 0.6) is 0 Å². The normalized spacial score (nSPS) is 13.0. The molecule has 0 radical (unpaired) electrons. The van der Waals surface area contributed by atoms with Crippen molar-refractivity contribution in [1.29, 1.82) is 0 Å². The van der Waals surface area contributed by atoms with Crippen LogP contribution in [0, 0.1) is 0 Å². The van der Waals surface area contributed by atoms with E-state index in [-0.39, 0.29) is 10.8 Å². The first kappa shape index (κ1) is 16.5. The minimum atomic E-state index is 0.0815. The van der Waals surface area contributed by atoms with Gasteiger partial charge in [0.1, 0.15) is 0 Å². The molecule has 0 saturated carbocycles. The minimum absolute atomic E-state index is 0.0815. The van der Waals surface area contributed by atoms with E-state index < -0.39 is 0 Å². The molecule has 1 heteroatoms. The highest BCUT2D eigenvalue weighted by Crippen LogP contribution is 2.45. The average Bonchev–Trinajstić information content (AvgIpc) is 2.42. The van der Waals surface area contributed by atoms with Crippen LogP contribution >= 0.6 is 15.9 Å². The van der Waals surface area contributed by atoms with Crippen molar-refractivity contribution < 1.29 is 0 Å². The first-order valence-corrected chi connectivity index (χ1v) is 9.05. The maximum absolute atomic E-state index is 3.83. The molecule has 0 spiro atoms. The van der Waals surface area contributed by atoms with E-state index in [1.165, 1.54) is 37.1 Å². The standard InChI is InChI=1S/C22H25Br/c1-21(2,3)19-14-10-7-8-11-15(14)20(22(4,5)6)18-16(19)12-9-13-17(18)23/h7-13H,1-6H3. The van der Waals surface area contributed by atoms with Crippen LogP contribution < -0.4 is 0 Å². The Morgan fingerprint density at radius 1 is 0.609 bits per heavy atom. The fourth-order valence-corrected chi connectivity index (χ4v) is 4.34. The molecule has 0 saturated heterocycles. The molecule has 0 amide bonds. The Kier molecular flexibility index (Phi) is 3.84. The molecule has 3 aromatic carbocycles. The molecule has 23 heavy (non-hydrogen) atoms. The largest absolute Gasteiger partial charge is 0.0616 e. The van der Waals surface area contributed by atoms with E-state index in [2.05, 4.69) is 99.9 Å². The van der Waals surface area contributed by atoms with Crippen LogP contribution in [0.4, 0.5) is 0 Å². The van der Waals surface area contributed by atoms with Crippen LogP contribution in [0.25, 0.3) is 21.5 Å². The zero-order valence-corrected chi connectivity index (χ0v) is 16.5. The molecule has 120 valence electrons. The fourth-order valence-electron chi connectivity index (χ4n) is 3.77. The molecule has 0 aliphatic carbocycles. The van der Waals surface area contributed by atoms with Gasteiger partial charge in [-0.3, -0.25) is 0 Å². The quantitative estimate of drug-likeness (QED) is 0.363. The first-order chi connectivity index (χ1) is 10.6. The smallest absolute Gasteiger partial charge is 0.0257 e. The van der Waals surface area contributed by atoms with Gasteiger partial charge in [-0.2, -0.15) is 0 Å². The lowest BCUT2D eigenvalue weighted by molar-refractivity contribution is 0.593. The second-order valence-electron chi connectivity index (χ2n) is 8.46. The molecule has 0 aromatic heterocycles. The Balaban J connectivity index is 2.72. The van der Waals surface area contributed by atoms with Crippen LogP contribution in [-0.2, 0) is 10.8 Å². The van der Waals surface area contributed by atoms with Gasteiger partial charge in [0.2, 0.25) is 0 Å². The third-order valence-corrected chi connectivity index (χ3v) is 5.16. The second kappa shape index (κ2) is 5.34. The number of hydrogen-bond acceptors (Lipinski definition) is 0. The minimum Gasteiger partial charge on any atom is -0.0616 e. The maximum atomic E-state index is 3.83. The molecule has 3 rings (SSSR count). The summed E-state index contributed by atoms with van der Waals surface area (Å²) in [4.78, 5) is 0. The summed E-state index contributed by atoms with van der Waals surface area (Å²) in [5.41, 5.74) is 3.05. The van der Waals surface area contributed by atoms with Crippen LogP contribution in [0.1, 0.15) is 52.7 Å². The zero-order chi connectivity index (χ0) is 17.0. The number of hydrogen-bond donors (Lipinski definition) is 0. The summed E-state index contributed by atoms with van der Waals surface area (Å²) in [6.07, 6.45) is 0. The fraction of sp³-hybridized carbons (Fsp3) is 0.364. The Hall–Kier alpha value is -1.34. The van der Waals surface area contributed by atoms with Crippen LogP contribution in [0.15, 0.2) is 46.9 Å². The van der Waals surface area contributed by atoms with Gasteiger partial charge in [-0.25, -0.2) is 0 Å². The van der Waals surface area contributed by atoms with Crippen molar-refractivity contribution in [3.8, 4) is 0 Å². The van der Waals surface area contributed by atoms with Gasteiger partial charge in [-0.15, -0.1) is 0 Å². The lowest BCUT2D eigenvalue weighted by Gasteiger charge is -2.30. The molecule has 3 aromatic rings. The van der Waals surface area contributed by atoms with Crippen molar-refractivity contribution in [2.45, 2.75) is 52.4 Å². The summed E-state index contributed by atoms with van der Waals surface area (Å²) in [7, 11) is 0. The molecule has 0 bridgehead atoms. The summed E-state index contributed by atoms with van der Waals surface area (Å²) in [6, 6.07) is 15.5. The molecular weight excluding hydrogens is 344 g/mol. The highest BCUT2D eigenvalue weighted by Gasteiger charge is 2.27. The van der Waals surface area contributed by atoms with Crippen LogP contribution in [0.3, 0.4) is 0 Å². The van der Waals surface area contributed by atoms with Gasteiger partial charge in [-0.05, 0) is 44.2 Å². The van der Waals surface area contributed by atoms with Crippen molar-refractivity contribution in [3.05, 3.63) is 58.1 Å². The van der Waals surface area contributed by atoms with E-state index in [4.69, 9.17) is 0 Å². The Morgan fingerprint density at radius 2 is 1.09 bits per heavy atom. The highest BCUT2D eigenvalue weighted by molar-refractivity contribution is 9.10. The van der Waals surface area contributed by atoms with E-state index >= 15 is 0 Å². The van der Waals surface area contributed by atoms with E-state index in [0.717, 1.165) is 0 Å². The van der Waals surface area contributed by atoms with Crippen molar-refractivity contribution >= 4 is 37.5 Å². The number of halogens is 1. The molecule has 0 N–H and O–H groups in total. The van der Waals surface area contributed by atoms with Crippen molar-refractivity contribution in [1.82, 2.24) is 0 Å². The molecule has 0 aliphatic rings. The van der Waals surface area contributed by atoms with Gasteiger partial charge in [0.25, 0.3) is 0 Å². The summed E-state index contributed by atoms with van der Waals surface area (Å²) in [5, 5.41) is 5.50. The molecule has 0 aliphatic heterocycles. The van der Waals surface area contributed by atoms with Gasteiger partial charge in [0.15, 0.2) is 0 Å². The third kappa shape index (κ3) is 2.70. The van der Waals surface area contributed by atoms with E-state index in [1.807, 2.05) is 0 Å². The van der Waals surface area contributed by atoms with Crippen molar-refractivity contribution in [3.63, 3.8) is 0 Å². The molecule has 0 heterocycles. The second-order valence-corrected chi connectivity index (χ2v) is 9.31. The first-order valence-electron chi connectivity index (χ1n) is 8.26. The Labute approximate surface area is 148 Å². The number of benzene rings is 3. The van der Waals surface area contributed by atoms with E-state index in [9.17, 15) is 0 Å². The lowest BCUT2D eigenvalue weighted by atomic mass is 9.74. The van der Waals surface area contributed by atoms with Gasteiger partial charge < -0.3 is 0 Å². The predicted molar refractivity (Wildman–Crippen MR) is 107 cm³/mol. The Morgan fingerprint density at radius 3 is 1.61 bits per heavy atom. The van der Waals surface area contributed by atoms with E-state index in [0.29, 0.717) is 0 Å². The summed E-state index contributed by atoms with van der Waals surface area (Å²) >= 11 is 3.83. The zero-order valence-electron chi connectivity index (χ0n) is 14.9. The predicted octanol–water partition coefficient (Wildman–Crippen LogP) is 7.35. The van der Waals surface area contributed by atoms with Crippen LogP contribution in [-0.4, -0.2) is 0 Å². The summed E-state index contributed by atoms with van der Waals surface area (Å²) in [5.74, 6) is 0. The molecular formula is C22H25Br. The summed E-state index contributed by atoms with van der Waals surface area (Å²) < 4.78 is 1.19. The lowest BCUT2D eigenvalue weighted by Crippen LogP contribution is -2.17. The van der Waals surface area contributed by atoms with E-state index in [1.54, 1.807) is 0 Å². The topological polar surface area (TPSA) is 0 Å². The number of fused-ring (bicyclic) bond motifs is 2. The van der Waals surface area contributed by atoms with Crippen LogP contribution in [0.2, 0.25) is 0 Å². The molecule has 0 fully saturated rings.